The predicted molar refractivity (Wildman–Crippen MR) is 83.8 cm³/mol. The van der Waals surface area contributed by atoms with Gasteiger partial charge in [-0.2, -0.15) is 4.98 Å². The van der Waals surface area contributed by atoms with E-state index < -0.39 is 0 Å². The minimum atomic E-state index is -0.287. The summed E-state index contributed by atoms with van der Waals surface area (Å²) >= 11 is 0. The fourth-order valence-corrected chi connectivity index (χ4v) is 3.04. The molecule has 23 heavy (non-hydrogen) atoms. The number of rotatable bonds is 5. The molecule has 7 nitrogen and oxygen atoms in total. The molecule has 2 atom stereocenters. The van der Waals surface area contributed by atoms with Crippen LogP contribution in [0.15, 0.2) is 28.8 Å². The number of nitrogens with zero attached hydrogens (tertiary/aromatic N) is 3. The van der Waals surface area contributed by atoms with Crippen molar-refractivity contribution in [2.45, 2.75) is 31.9 Å². The molecule has 0 bridgehead atoms. The number of hydrogen-bond donors (Lipinski definition) is 1. The van der Waals surface area contributed by atoms with E-state index in [0.717, 1.165) is 11.3 Å². The third-order valence-corrected chi connectivity index (χ3v) is 4.21. The second-order valence-electron chi connectivity index (χ2n) is 5.65. The van der Waals surface area contributed by atoms with Crippen LogP contribution >= 0.6 is 0 Å². The van der Waals surface area contributed by atoms with Gasteiger partial charge in [-0.25, -0.2) is 0 Å². The fourth-order valence-electron chi connectivity index (χ4n) is 3.04. The average Bonchev–Trinajstić information content (AvgIpc) is 3.02. The molecule has 2 aromatic rings. The van der Waals surface area contributed by atoms with Gasteiger partial charge in [0, 0.05) is 19.3 Å². The van der Waals surface area contributed by atoms with Crippen molar-refractivity contribution in [3.8, 4) is 0 Å². The molecular weight excluding hydrogens is 296 g/mol. The normalized spacial score (nSPS) is 18.5. The molecule has 3 rings (SSSR count). The number of ether oxygens (including phenoxy) is 1. The summed E-state index contributed by atoms with van der Waals surface area (Å²) in [4.78, 5) is 18.2. The summed E-state index contributed by atoms with van der Waals surface area (Å²) < 4.78 is 10.4. The number of primary amides is 1. The lowest BCUT2D eigenvalue weighted by Gasteiger charge is -2.37. The van der Waals surface area contributed by atoms with E-state index in [1.165, 1.54) is 0 Å². The second kappa shape index (κ2) is 6.37. The van der Waals surface area contributed by atoms with Gasteiger partial charge in [-0.05, 0) is 25.0 Å². The summed E-state index contributed by atoms with van der Waals surface area (Å²) in [7, 11) is 1.59. The number of methoxy groups -OCH3 is 1. The zero-order chi connectivity index (χ0) is 16.4. The van der Waals surface area contributed by atoms with E-state index in [9.17, 15) is 4.79 Å². The molecule has 0 radical (unpaired) electrons. The lowest BCUT2D eigenvalue weighted by molar-refractivity contribution is -0.119. The number of nitrogens with two attached hydrogens (primary N) is 1. The molecule has 2 heterocycles. The van der Waals surface area contributed by atoms with Crippen LogP contribution in [0.1, 0.15) is 42.6 Å². The van der Waals surface area contributed by atoms with Crippen molar-refractivity contribution in [1.82, 2.24) is 10.1 Å². The number of amides is 1. The Morgan fingerprint density at radius 3 is 3.04 bits per heavy atom. The molecule has 122 valence electrons. The minimum absolute atomic E-state index is 0.0944. The number of carbonyl (C=O) groups is 1. The monoisotopic (exact) mass is 316 g/mol. The molecule has 0 unspecified atom stereocenters. The second-order valence-corrected chi connectivity index (χ2v) is 5.65. The Morgan fingerprint density at radius 2 is 2.30 bits per heavy atom. The first-order valence-corrected chi connectivity index (χ1v) is 7.58. The first-order valence-electron chi connectivity index (χ1n) is 7.58. The standard InChI is InChI=1S/C16H20N4O3/c1-10(16-18-14(9-22-2)19-23-16)20-8-7-12(15(17)21)11-5-3-4-6-13(11)20/h3-6,10,12H,7-9H2,1-2H3,(H2,17,21)/t10-,12-/m0/s1. The molecule has 0 fully saturated rings. The molecule has 1 aliphatic heterocycles. The highest BCUT2D eigenvalue weighted by Gasteiger charge is 2.32. The van der Waals surface area contributed by atoms with Gasteiger partial charge in [0.15, 0.2) is 5.82 Å². The zero-order valence-electron chi connectivity index (χ0n) is 13.2. The van der Waals surface area contributed by atoms with Crippen molar-refractivity contribution in [2.75, 3.05) is 18.6 Å². The minimum Gasteiger partial charge on any atom is -0.377 e. The Labute approximate surface area is 134 Å². The van der Waals surface area contributed by atoms with E-state index in [1.807, 2.05) is 31.2 Å². The van der Waals surface area contributed by atoms with Gasteiger partial charge >= 0.3 is 0 Å². The van der Waals surface area contributed by atoms with Crippen molar-refractivity contribution < 1.29 is 14.1 Å². The Bertz CT molecular complexity index is 700. The lowest BCUT2D eigenvalue weighted by atomic mass is 9.88. The van der Waals surface area contributed by atoms with Gasteiger partial charge in [0.25, 0.3) is 0 Å². The Kier molecular flexibility index (Phi) is 4.29. The smallest absolute Gasteiger partial charge is 0.249 e. The number of aromatic nitrogens is 2. The van der Waals surface area contributed by atoms with Crippen LogP contribution < -0.4 is 10.6 Å². The molecule has 1 aromatic carbocycles. The first-order chi connectivity index (χ1) is 11.1. The maximum atomic E-state index is 11.7. The number of benzene rings is 1. The number of anilines is 1. The molecule has 0 saturated heterocycles. The number of fused-ring (bicyclic) bond motifs is 1. The Morgan fingerprint density at radius 1 is 1.52 bits per heavy atom. The van der Waals surface area contributed by atoms with Gasteiger partial charge in [-0.15, -0.1) is 0 Å². The summed E-state index contributed by atoms with van der Waals surface area (Å²) in [6.45, 7) is 3.02. The van der Waals surface area contributed by atoms with E-state index >= 15 is 0 Å². The van der Waals surface area contributed by atoms with Crippen LogP contribution in [-0.4, -0.2) is 29.7 Å². The summed E-state index contributed by atoms with van der Waals surface area (Å²) in [5.41, 5.74) is 7.48. The van der Waals surface area contributed by atoms with Crippen LogP contribution in [-0.2, 0) is 16.1 Å². The molecule has 1 amide bonds. The van der Waals surface area contributed by atoms with Crippen LogP contribution in [0, 0.1) is 0 Å². The fraction of sp³-hybridized carbons (Fsp3) is 0.438. The van der Waals surface area contributed by atoms with Gasteiger partial charge in [-0.1, -0.05) is 23.4 Å². The van der Waals surface area contributed by atoms with Crippen molar-refractivity contribution in [1.29, 1.82) is 0 Å². The molecule has 1 aromatic heterocycles. The Hall–Kier alpha value is -2.41. The summed E-state index contributed by atoms with van der Waals surface area (Å²) in [6.07, 6.45) is 0.676. The summed E-state index contributed by atoms with van der Waals surface area (Å²) in [5.74, 6) is 0.519. The SMILES string of the molecule is COCc1noc([C@H](C)N2CC[C@H](C(N)=O)c3ccccc32)n1. The van der Waals surface area contributed by atoms with Crippen LogP contribution in [0.3, 0.4) is 0 Å². The molecular formula is C16H20N4O3. The summed E-state index contributed by atoms with van der Waals surface area (Å²) in [5, 5.41) is 3.91. The van der Waals surface area contributed by atoms with Crippen LogP contribution in [0.25, 0.3) is 0 Å². The van der Waals surface area contributed by atoms with Crippen LogP contribution in [0.5, 0.6) is 0 Å². The van der Waals surface area contributed by atoms with Gasteiger partial charge in [0.05, 0.1) is 5.92 Å². The van der Waals surface area contributed by atoms with Crippen LogP contribution in [0.2, 0.25) is 0 Å². The van der Waals surface area contributed by atoms with Gasteiger partial charge in [0.1, 0.15) is 12.6 Å². The van der Waals surface area contributed by atoms with Gasteiger partial charge < -0.3 is 19.9 Å². The summed E-state index contributed by atoms with van der Waals surface area (Å²) in [6, 6.07) is 7.72. The largest absolute Gasteiger partial charge is 0.377 e. The molecule has 2 N–H and O–H groups in total. The number of hydrogen-bond acceptors (Lipinski definition) is 6. The maximum Gasteiger partial charge on any atom is 0.249 e. The van der Waals surface area contributed by atoms with Gasteiger partial charge in [0.2, 0.25) is 11.8 Å². The topological polar surface area (TPSA) is 94.5 Å². The average molecular weight is 316 g/mol. The zero-order valence-corrected chi connectivity index (χ0v) is 13.2. The van der Waals surface area contributed by atoms with E-state index in [4.69, 9.17) is 15.0 Å². The lowest BCUT2D eigenvalue weighted by Crippen LogP contribution is -2.37. The third-order valence-electron chi connectivity index (χ3n) is 4.21. The molecule has 7 heteroatoms. The maximum absolute atomic E-state index is 11.7. The highest BCUT2D eigenvalue weighted by molar-refractivity contribution is 5.85. The Balaban J connectivity index is 1.90. The van der Waals surface area contributed by atoms with Gasteiger partial charge in [-0.3, -0.25) is 4.79 Å². The quantitative estimate of drug-likeness (QED) is 0.903. The molecule has 0 saturated carbocycles. The van der Waals surface area contributed by atoms with Crippen molar-refractivity contribution >= 4 is 11.6 Å². The molecule has 0 spiro atoms. The van der Waals surface area contributed by atoms with E-state index in [1.54, 1.807) is 7.11 Å². The third kappa shape index (κ3) is 2.92. The number of para-hydroxylation sites is 1. The van der Waals surface area contributed by atoms with E-state index in [0.29, 0.717) is 31.3 Å². The van der Waals surface area contributed by atoms with E-state index in [-0.39, 0.29) is 17.9 Å². The van der Waals surface area contributed by atoms with Crippen molar-refractivity contribution in [3.05, 3.63) is 41.5 Å². The van der Waals surface area contributed by atoms with Crippen molar-refractivity contribution in [2.24, 2.45) is 5.73 Å². The van der Waals surface area contributed by atoms with Crippen LogP contribution in [0.4, 0.5) is 5.69 Å². The predicted octanol–water partition coefficient (Wildman–Crippen LogP) is 1.76. The highest BCUT2D eigenvalue weighted by Crippen LogP contribution is 2.39. The van der Waals surface area contributed by atoms with Crippen molar-refractivity contribution in [3.63, 3.8) is 0 Å². The molecule has 0 aliphatic carbocycles. The molecule has 1 aliphatic rings. The highest BCUT2D eigenvalue weighted by atomic mass is 16.5. The number of carbonyl (C=O) groups excluding carboxylic acids is 1. The van der Waals surface area contributed by atoms with E-state index in [2.05, 4.69) is 15.0 Å². The first kappa shape index (κ1) is 15.5.